The van der Waals surface area contributed by atoms with Gasteiger partial charge in [-0.25, -0.2) is 15.0 Å². The lowest BCUT2D eigenvalue weighted by molar-refractivity contribution is 0.586. The summed E-state index contributed by atoms with van der Waals surface area (Å²) in [6, 6.07) is 0.454. The van der Waals surface area contributed by atoms with Crippen LogP contribution < -0.4 is 5.32 Å². The normalized spacial score (nSPS) is 10.9. The van der Waals surface area contributed by atoms with Gasteiger partial charge in [0.2, 0.25) is 0 Å². The monoisotopic (exact) mass is 218 g/mol. The second-order valence-electron chi connectivity index (χ2n) is 3.77. The molecule has 0 atom stereocenters. The maximum atomic E-state index is 4.21. The van der Waals surface area contributed by atoms with Crippen LogP contribution in [0.3, 0.4) is 0 Å². The second kappa shape index (κ2) is 4.80. The van der Waals surface area contributed by atoms with Gasteiger partial charge in [0.1, 0.15) is 12.7 Å². The first-order chi connectivity index (χ1) is 7.75. The van der Waals surface area contributed by atoms with Crippen LogP contribution in [0.5, 0.6) is 0 Å². The van der Waals surface area contributed by atoms with Crippen LogP contribution in [0.1, 0.15) is 19.4 Å². The van der Waals surface area contributed by atoms with E-state index < -0.39 is 0 Å². The number of hydrogen-bond donors (Lipinski definition) is 1. The molecule has 0 aliphatic heterocycles. The largest absolute Gasteiger partial charge is 0.310 e. The maximum Gasteiger partial charge on any atom is 0.251 e. The van der Waals surface area contributed by atoms with E-state index in [0.29, 0.717) is 12.0 Å². The van der Waals surface area contributed by atoms with Gasteiger partial charge in [-0.1, -0.05) is 13.8 Å². The molecule has 0 aliphatic rings. The van der Waals surface area contributed by atoms with Crippen molar-refractivity contribution in [3.8, 4) is 5.95 Å². The van der Waals surface area contributed by atoms with Gasteiger partial charge in [-0.3, -0.25) is 0 Å². The van der Waals surface area contributed by atoms with E-state index in [0.717, 1.165) is 12.1 Å². The standard InChI is InChI=1S/C10H14N6/c1-8(2)12-3-9-4-13-10(14-5-9)16-7-11-6-15-16/h4-8,12H,3H2,1-2H3. The predicted molar refractivity (Wildman–Crippen MR) is 58.9 cm³/mol. The van der Waals surface area contributed by atoms with Gasteiger partial charge in [0.15, 0.2) is 0 Å². The molecule has 6 heteroatoms. The molecule has 0 bridgehead atoms. The van der Waals surface area contributed by atoms with Gasteiger partial charge in [0, 0.05) is 30.5 Å². The van der Waals surface area contributed by atoms with E-state index in [1.54, 1.807) is 18.7 Å². The van der Waals surface area contributed by atoms with Crippen LogP contribution in [0, 0.1) is 0 Å². The van der Waals surface area contributed by atoms with Gasteiger partial charge < -0.3 is 5.32 Å². The topological polar surface area (TPSA) is 68.5 Å². The minimum absolute atomic E-state index is 0.454. The van der Waals surface area contributed by atoms with Crippen LogP contribution in [0.25, 0.3) is 5.95 Å². The highest BCUT2D eigenvalue weighted by atomic mass is 15.4. The number of rotatable bonds is 4. The Hall–Kier alpha value is -1.82. The van der Waals surface area contributed by atoms with Crippen molar-refractivity contribution in [3.63, 3.8) is 0 Å². The molecule has 0 unspecified atom stereocenters. The molecule has 0 aromatic carbocycles. The molecule has 2 heterocycles. The Labute approximate surface area is 93.8 Å². The summed E-state index contributed by atoms with van der Waals surface area (Å²) in [7, 11) is 0. The molecule has 16 heavy (non-hydrogen) atoms. The zero-order valence-corrected chi connectivity index (χ0v) is 9.33. The smallest absolute Gasteiger partial charge is 0.251 e. The van der Waals surface area contributed by atoms with Crippen LogP contribution in [0.4, 0.5) is 0 Å². The van der Waals surface area contributed by atoms with Gasteiger partial charge >= 0.3 is 0 Å². The van der Waals surface area contributed by atoms with Crippen LogP contribution in [-0.2, 0) is 6.54 Å². The minimum atomic E-state index is 0.454. The Morgan fingerprint density at radius 1 is 1.31 bits per heavy atom. The van der Waals surface area contributed by atoms with Crippen LogP contribution >= 0.6 is 0 Å². The van der Waals surface area contributed by atoms with Crippen molar-refractivity contribution in [2.24, 2.45) is 0 Å². The summed E-state index contributed by atoms with van der Waals surface area (Å²) < 4.78 is 1.53. The van der Waals surface area contributed by atoms with E-state index in [1.165, 1.54) is 11.0 Å². The van der Waals surface area contributed by atoms with E-state index >= 15 is 0 Å². The minimum Gasteiger partial charge on any atom is -0.310 e. The van der Waals surface area contributed by atoms with Crippen molar-refractivity contribution in [2.75, 3.05) is 0 Å². The lowest BCUT2D eigenvalue weighted by atomic mass is 10.3. The van der Waals surface area contributed by atoms with E-state index in [1.807, 2.05) is 0 Å². The first kappa shape index (κ1) is 10.7. The molecule has 6 nitrogen and oxygen atoms in total. The second-order valence-corrected chi connectivity index (χ2v) is 3.77. The van der Waals surface area contributed by atoms with Gasteiger partial charge in [0.25, 0.3) is 5.95 Å². The third kappa shape index (κ3) is 2.60. The molecule has 0 fully saturated rings. The molecule has 0 spiro atoms. The van der Waals surface area contributed by atoms with Crippen LogP contribution in [-0.4, -0.2) is 30.8 Å². The summed E-state index contributed by atoms with van der Waals surface area (Å²) in [6.45, 7) is 4.98. The number of aromatic nitrogens is 5. The predicted octanol–water partition coefficient (Wildman–Crippen LogP) is 0.555. The fourth-order valence-corrected chi connectivity index (χ4v) is 1.19. The van der Waals surface area contributed by atoms with Gasteiger partial charge in [-0.05, 0) is 0 Å². The molecule has 84 valence electrons. The maximum absolute atomic E-state index is 4.21. The molecule has 0 radical (unpaired) electrons. The zero-order valence-electron chi connectivity index (χ0n) is 9.33. The highest BCUT2D eigenvalue weighted by Gasteiger charge is 2.01. The molecule has 2 aromatic rings. The van der Waals surface area contributed by atoms with Crippen molar-refractivity contribution in [2.45, 2.75) is 26.4 Å². The molecular formula is C10H14N6. The molecule has 0 amide bonds. The summed E-state index contributed by atoms with van der Waals surface area (Å²) in [5, 5.41) is 7.26. The fraction of sp³-hybridized carbons (Fsp3) is 0.400. The van der Waals surface area contributed by atoms with Gasteiger partial charge in [-0.15, -0.1) is 0 Å². The first-order valence-electron chi connectivity index (χ1n) is 5.15. The van der Waals surface area contributed by atoms with Gasteiger partial charge in [-0.2, -0.15) is 9.78 Å². The SMILES string of the molecule is CC(C)NCc1cnc(-n2cncn2)nc1. The lowest BCUT2D eigenvalue weighted by Gasteiger charge is -2.07. The summed E-state index contributed by atoms with van der Waals surface area (Å²) in [5.74, 6) is 0.533. The van der Waals surface area contributed by atoms with Crippen LogP contribution in [0.2, 0.25) is 0 Å². The number of nitrogens with zero attached hydrogens (tertiary/aromatic N) is 5. The summed E-state index contributed by atoms with van der Waals surface area (Å²) in [5.41, 5.74) is 1.05. The van der Waals surface area contributed by atoms with Crippen molar-refractivity contribution in [3.05, 3.63) is 30.6 Å². The summed E-state index contributed by atoms with van der Waals surface area (Å²) in [6.07, 6.45) is 6.61. The summed E-state index contributed by atoms with van der Waals surface area (Å²) >= 11 is 0. The van der Waals surface area contributed by atoms with Gasteiger partial charge in [0.05, 0.1) is 0 Å². The Morgan fingerprint density at radius 3 is 2.62 bits per heavy atom. The van der Waals surface area contributed by atoms with E-state index in [9.17, 15) is 0 Å². The van der Waals surface area contributed by atoms with E-state index in [-0.39, 0.29) is 0 Å². The first-order valence-corrected chi connectivity index (χ1v) is 5.15. The van der Waals surface area contributed by atoms with Crippen molar-refractivity contribution < 1.29 is 0 Å². The molecule has 0 aliphatic carbocycles. The fourth-order valence-electron chi connectivity index (χ4n) is 1.19. The van der Waals surface area contributed by atoms with E-state index in [2.05, 4.69) is 39.2 Å². The molecule has 2 aromatic heterocycles. The Bertz CT molecular complexity index is 419. The van der Waals surface area contributed by atoms with Crippen molar-refractivity contribution >= 4 is 0 Å². The summed E-state index contributed by atoms with van der Waals surface area (Å²) in [4.78, 5) is 12.3. The molecule has 0 saturated carbocycles. The zero-order chi connectivity index (χ0) is 11.4. The molecular weight excluding hydrogens is 204 g/mol. The van der Waals surface area contributed by atoms with Crippen molar-refractivity contribution in [1.29, 1.82) is 0 Å². The molecule has 2 rings (SSSR count). The van der Waals surface area contributed by atoms with Crippen molar-refractivity contribution in [1.82, 2.24) is 30.0 Å². The average Bonchev–Trinajstić information content (AvgIpc) is 2.80. The number of nitrogens with one attached hydrogen (secondary N) is 1. The number of hydrogen-bond acceptors (Lipinski definition) is 5. The Kier molecular flexibility index (Phi) is 3.21. The lowest BCUT2D eigenvalue weighted by Crippen LogP contribution is -2.22. The molecule has 0 saturated heterocycles. The third-order valence-corrected chi connectivity index (χ3v) is 2.03. The highest BCUT2D eigenvalue weighted by molar-refractivity contribution is 5.12. The third-order valence-electron chi connectivity index (χ3n) is 2.03. The Morgan fingerprint density at radius 2 is 2.06 bits per heavy atom. The highest BCUT2D eigenvalue weighted by Crippen LogP contribution is 1.99. The van der Waals surface area contributed by atoms with Crippen LogP contribution in [0.15, 0.2) is 25.0 Å². The molecule has 1 N–H and O–H groups in total. The van der Waals surface area contributed by atoms with E-state index in [4.69, 9.17) is 0 Å². The Balaban J connectivity index is 2.05. The quantitative estimate of drug-likeness (QED) is 0.811. The average molecular weight is 218 g/mol.